The average Bonchev–Trinajstić information content (AvgIpc) is 2.86. The predicted molar refractivity (Wildman–Crippen MR) is 70.4 cm³/mol. The van der Waals surface area contributed by atoms with Crippen molar-refractivity contribution in [2.75, 3.05) is 5.32 Å². The molecule has 0 aliphatic rings. The summed E-state index contributed by atoms with van der Waals surface area (Å²) in [6.07, 6.45) is 0. The number of nitrogens with zero attached hydrogens (tertiary/aromatic N) is 1. The van der Waals surface area contributed by atoms with Crippen molar-refractivity contribution in [2.24, 2.45) is 0 Å². The fourth-order valence-corrected chi connectivity index (χ4v) is 3.15. The molecule has 2 rings (SSSR count). The minimum Gasteiger partial charge on any atom is -0.476 e. The van der Waals surface area contributed by atoms with E-state index in [1.54, 1.807) is 0 Å². The lowest BCUT2D eigenvalue weighted by Gasteiger charge is -2.11. The lowest BCUT2D eigenvalue weighted by atomic mass is 10.3. The van der Waals surface area contributed by atoms with Crippen molar-refractivity contribution >= 4 is 45.2 Å². The summed E-state index contributed by atoms with van der Waals surface area (Å²) in [5.41, 5.74) is 1.57. The molecule has 0 aromatic carbocycles. The topological polar surface area (TPSA) is 62.2 Å². The zero-order chi connectivity index (χ0) is 12.4. The first-order valence-corrected chi connectivity index (χ1v) is 6.84. The third-order valence-electron chi connectivity index (χ3n) is 2.14. The van der Waals surface area contributed by atoms with Crippen LogP contribution < -0.4 is 5.32 Å². The summed E-state index contributed by atoms with van der Waals surface area (Å²) >= 11 is 8.60. The predicted octanol–water partition coefficient (Wildman–Crippen LogP) is 3.73. The van der Waals surface area contributed by atoms with Crippen LogP contribution >= 0.6 is 34.3 Å². The van der Waals surface area contributed by atoms with Gasteiger partial charge < -0.3 is 10.4 Å². The highest BCUT2D eigenvalue weighted by atomic mass is 35.5. The molecule has 0 spiro atoms. The molecule has 2 aromatic heterocycles. The van der Waals surface area contributed by atoms with Crippen molar-refractivity contribution in [3.05, 3.63) is 32.6 Å². The number of thiazole rings is 1. The minimum absolute atomic E-state index is 0.00560. The number of aromatic nitrogens is 1. The first-order valence-electron chi connectivity index (χ1n) is 4.76. The van der Waals surface area contributed by atoms with Gasteiger partial charge >= 0.3 is 5.97 Å². The molecule has 1 atom stereocenters. The zero-order valence-electron chi connectivity index (χ0n) is 8.81. The van der Waals surface area contributed by atoms with E-state index in [0.29, 0.717) is 5.00 Å². The summed E-state index contributed by atoms with van der Waals surface area (Å²) in [6.45, 7) is 1.95. The van der Waals surface area contributed by atoms with Gasteiger partial charge in [-0.1, -0.05) is 11.6 Å². The minimum atomic E-state index is -1.02. The summed E-state index contributed by atoms with van der Waals surface area (Å²) in [5.74, 6) is -1.02. The van der Waals surface area contributed by atoms with E-state index in [4.69, 9.17) is 16.7 Å². The van der Waals surface area contributed by atoms with Crippen LogP contribution in [0.1, 0.15) is 28.3 Å². The molecule has 0 saturated heterocycles. The first-order chi connectivity index (χ1) is 8.08. The van der Waals surface area contributed by atoms with E-state index < -0.39 is 5.97 Å². The summed E-state index contributed by atoms with van der Waals surface area (Å²) in [5, 5.41) is 12.6. The van der Waals surface area contributed by atoms with Crippen LogP contribution in [0.3, 0.4) is 0 Å². The van der Waals surface area contributed by atoms with Gasteiger partial charge in [-0.25, -0.2) is 9.78 Å². The van der Waals surface area contributed by atoms with Crippen LogP contribution in [0.2, 0.25) is 4.34 Å². The Labute approximate surface area is 111 Å². The first kappa shape index (κ1) is 12.3. The number of rotatable bonds is 4. The third-order valence-corrected chi connectivity index (χ3v) is 4.31. The fourth-order valence-electron chi connectivity index (χ4n) is 1.33. The Morgan fingerprint density at radius 1 is 1.59 bits per heavy atom. The number of thiophene rings is 1. The van der Waals surface area contributed by atoms with Gasteiger partial charge in [0.2, 0.25) is 0 Å². The van der Waals surface area contributed by atoms with Gasteiger partial charge in [0, 0.05) is 4.88 Å². The molecule has 0 aliphatic heterocycles. The molecule has 17 heavy (non-hydrogen) atoms. The SMILES string of the molecule is CC(Nc1scnc1C(=O)O)c1ccc(Cl)s1. The summed E-state index contributed by atoms with van der Waals surface area (Å²) in [6, 6.07) is 3.75. The van der Waals surface area contributed by atoms with Crippen molar-refractivity contribution in [1.29, 1.82) is 0 Å². The Morgan fingerprint density at radius 2 is 2.35 bits per heavy atom. The number of anilines is 1. The van der Waals surface area contributed by atoms with Gasteiger partial charge in [0.05, 0.1) is 15.9 Å². The summed E-state index contributed by atoms with van der Waals surface area (Å²) < 4.78 is 0.719. The maximum Gasteiger partial charge on any atom is 0.357 e. The molecular weight excluding hydrogens is 280 g/mol. The van der Waals surface area contributed by atoms with Crippen molar-refractivity contribution in [1.82, 2.24) is 4.98 Å². The van der Waals surface area contributed by atoms with Gasteiger partial charge in [0.25, 0.3) is 0 Å². The van der Waals surface area contributed by atoms with Crippen LogP contribution in [0, 0.1) is 0 Å². The summed E-state index contributed by atoms with van der Waals surface area (Å²) in [4.78, 5) is 15.7. The largest absolute Gasteiger partial charge is 0.476 e. The van der Waals surface area contributed by atoms with Crippen LogP contribution in [0.15, 0.2) is 17.6 Å². The maximum absolute atomic E-state index is 10.9. The number of carboxylic acid groups (broad SMARTS) is 1. The molecule has 90 valence electrons. The van der Waals surface area contributed by atoms with E-state index in [1.807, 2.05) is 19.1 Å². The van der Waals surface area contributed by atoms with E-state index in [9.17, 15) is 4.79 Å². The van der Waals surface area contributed by atoms with E-state index in [-0.39, 0.29) is 11.7 Å². The van der Waals surface area contributed by atoms with Gasteiger partial charge in [0.15, 0.2) is 5.69 Å². The molecule has 0 radical (unpaired) electrons. The van der Waals surface area contributed by atoms with Crippen molar-refractivity contribution in [2.45, 2.75) is 13.0 Å². The molecule has 2 heterocycles. The molecular formula is C10H9ClN2O2S2. The average molecular weight is 289 g/mol. The number of halogens is 1. The van der Waals surface area contributed by atoms with E-state index in [0.717, 1.165) is 9.21 Å². The van der Waals surface area contributed by atoms with Gasteiger partial charge in [-0.15, -0.1) is 22.7 Å². The number of nitrogens with one attached hydrogen (secondary N) is 1. The van der Waals surface area contributed by atoms with Gasteiger partial charge in [0.1, 0.15) is 5.00 Å². The number of aromatic carboxylic acids is 1. The summed E-state index contributed by atoms with van der Waals surface area (Å²) in [7, 11) is 0. The Kier molecular flexibility index (Phi) is 3.66. The highest BCUT2D eigenvalue weighted by Crippen LogP contribution is 2.31. The standard InChI is InChI=1S/C10H9ClN2O2S2/c1-5(6-2-3-7(11)17-6)13-9-8(10(14)15)12-4-16-9/h2-5,13H,1H3,(H,14,15). The van der Waals surface area contributed by atoms with Gasteiger partial charge in [-0.2, -0.15) is 0 Å². The van der Waals surface area contributed by atoms with E-state index >= 15 is 0 Å². The number of carboxylic acids is 1. The second-order valence-electron chi connectivity index (χ2n) is 3.34. The van der Waals surface area contributed by atoms with Crippen molar-refractivity contribution in [3.63, 3.8) is 0 Å². The zero-order valence-corrected chi connectivity index (χ0v) is 11.2. The van der Waals surface area contributed by atoms with Crippen LogP contribution in [-0.4, -0.2) is 16.1 Å². The number of hydrogen-bond acceptors (Lipinski definition) is 5. The lowest BCUT2D eigenvalue weighted by Crippen LogP contribution is -2.08. The Balaban J connectivity index is 2.15. The molecule has 0 amide bonds. The van der Waals surface area contributed by atoms with Crippen LogP contribution in [-0.2, 0) is 0 Å². The maximum atomic E-state index is 10.9. The molecule has 1 unspecified atom stereocenters. The third kappa shape index (κ3) is 2.77. The van der Waals surface area contributed by atoms with Crippen LogP contribution in [0.25, 0.3) is 0 Å². The molecule has 0 fully saturated rings. The van der Waals surface area contributed by atoms with Gasteiger partial charge in [-0.3, -0.25) is 0 Å². The highest BCUT2D eigenvalue weighted by molar-refractivity contribution is 7.16. The Hall–Kier alpha value is -1.11. The molecule has 7 heteroatoms. The second kappa shape index (κ2) is 5.03. The van der Waals surface area contributed by atoms with Gasteiger partial charge in [-0.05, 0) is 19.1 Å². The second-order valence-corrected chi connectivity index (χ2v) is 5.94. The normalized spacial score (nSPS) is 12.4. The monoisotopic (exact) mass is 288 g/mol. The Morgan fingerprint density at radius 3 is 2.94 bits per heavy atom. The molecule has 0 bridgehead atoms. The molecule has 4 nitrogen and oxygen atoms in total. The Bertz CT molecular complexity index is 538. The fraction of sp³-hybridized carbons (Fsp3) is 0.200. The van der Waals surface area contributed by atoms with E-state index in [1.165, 1.54) is 28.2 Å². The molecule has 0 aliphatic carbocycles. The van der Waals surface area contributed by atoms with E-state index in [2.05, 4.69) is 10.3 Å². The van der Waals surface area contributed by atoms with Crippen LogP contribution in [0.5, 0.6) is 0 Å². The lowest BCUT2D eigenvalue weighted by molar-refractivity contribution is 0.0692. The van der Waals surface area contributed by atoms with Crippen LogP contribution in [0.4, 0.5) is 5.00 Å². The number of hydrogen-bond donors (Lipinski definition) is 2. The van der Waals surface area contributed by atoms with Crippen molar-refractivity contribution < 1.29 is 9.90 Å². The highest BCUT2D eigenvalue weighted by Gasteiger charge is 2.16. The quantitative estimate of drug-likeness (QED) is 0.900. The molecule has 2 aromatic rings. The smallest absolute Gasteiger partial charge is 0.357 e. The molecule has 2 N–H and O–H groups in total. The number of carbonyl (C=O) groups is 1. The van der Waals surface area contributed by atoms with Crippen molar-refractivity contribution in [3.8, 4) is 0 Å². The molecule has 0 saturated carbocycles.